The maximum absolute atomic E-state index is 11.9. The van der Waals surface area contributed by atoms with Gasteiger partial charge in [-0.1, -0.05) is 17.3 Å². The minimum atomic E-state index is -0.402. The van der Waals surface area contributed by atoms with Crippen LogP contribution in [0.15, 0.2) is 47.5 Å². The van der Waals surface area contributed by atoms with E-state index in [0.717, 1.165) is 11.3 Å². The molecule has 0 amide bonds. The largest absolute Gasteiger partial charge is 0.454 e. The molecule has 0 aliphatic carbocycles. The number of carbonyl (C=O) groups is 1. The molecule has 3 rings (SSSR count). The molecule has 0 N–H and O–H groups in total. The van der Waals surface area contributed by atoms with Crippen molar-refractivity contribution in [3.8, 4) is 0 Å². The molecule has 0 radical (unpaired) electrons. The number of esters is 1. The van der Waals surface area contributed by atoms with Crippen LogP contribution in [0.2, 0.25) is 0 Å². The highest BCUT2D eigenvalue weighted by atomic mass is 16.5. The molecule has 0 aliphatic rings. The van der Waals surface area contributed by atoms with E-state index in [9.17, 15) is 4.79 Å². The summed E-state index contributed by atoms with van der Waals surface area (Å²) in [6, 6.07) is 8.89. The third kappa shape index (κ3) is 3.38. The number of hydrogen-bond acceptors (Lipinski definition) is 6. The summed E-state index contributed by atoms with van der Waals surface area (Å²) >= 11 is 0. The lowest BCUT2D eigenvalue weighted by Crippen LogP contribution is -2.06. The van der Waals surface area contributed by atoms with Crippen molar-refractivity contribution in [2.24, 2.45) is 0 Å². The summed E-state index contributed by atoms with van der Waals surface area (Å²) in [7, 11) is 0. The monoisotopic (exact) mass is 298 g/mol. The van der Waals surface area contributed by atoms with Crippen LogP contribution in [0.1, 0.15) is 27.4 Å². The van der Waals surface area contributed by atoms with Gasteiger partial charge in [0.15, 0.2) is 12.4 Å². The number of benzene rings is 1. The fraction of sp³-hybridized carbons (Fsp3) is 0.200. The Bertz CT molecular complexity index is 747. The quantitative estimate of drug-likeness (QED) is 0.670. The molecule has 7 nitrogen and oxygen atoms in total. The highest BCUT2D eigenvalue weighted by Gasteiger charge is 2.09. The van der Waals surface area contributed by atoms with E-state index < -0.39 is 5.97 Å². The Hall–Kier alpha value is -2.96. The molecule has 7 heteroatoms. The molecule has 0 bridgehead atoms. The van der Waals surface area contributed by atoms with Crippen molar-refractivity contribution in [2.45, 2.75) is 20.1 Å². The van der Waals surface area contributed by atoms with E-state index in [0.29, 0.717) is 17.9 Å². The normalized spacial score (nSPS) is 10.6. The van der Waals surface area contributed by atoms with E-state index in [1.54, 1.807) is 29.2 Å². The van der Waals surface area contributed by atoms with Gasteiger partial charge in [0, 0.05) is 6.07 Å². The molecule has 3 aromatic rings. The summed E-state index contributed by atoms with van der Waals surface area (Å²) in [4.78, 5) is 15.8. The second-order valence-electron chi connectivity index (χ2n) is 4.80. The summed E-state index contributed by atoms with van der Waals surface area (Å²) < 4.78 is 11.9. The van der Waals surface area contributed by atoms with Crippen LogP contribution in [-0.2, 0) is 17.9 Å². The first-order chi connectivity index (χ1) is 10.7. The summed E-state index contributed by atoms with van der Waals surface area (Å²) in [5.41, 5.74) is 2.26. The molecular formula is C15H14N4O3. The number of rotatable bonds is 5. The zero-order valence-corrected chi connectivity index (χ0v) is 12.0. The van der Waals surface area contributed by atoms with Gasteiger partial charge in [0.1, 0.15) is 12.7 Å². The second-order valence-corrected chi connectivity index (χ2v) is 4.80. The fourth-order valence-corrected chi connectivity index (χ4v) is 1.95. The second kappa shape index (κ2) is 6.21. The van der Waals surface area contributed by atoms with Crippen LogP contribution in [0.3, 0.4) is 0 Å². The molecule has 2 heterocycles. The van der Waals surface area contributed by atoms with E-state index in [4.69, 9.17) is 9.26 Å². The lowest BCUT2D eigenvalue weighted by atomic mass is 10.1. The van der Waals surface area contributed by atoms with E-state index >= 15 is 0 Å². The number of hydrogen-bond donors (Lipinski definition) is 0. The average Bonchev–Trinajstić information content (AvgIpc) is 3.17. The van der Waals surface area contributed by atoms with Gasteiger partial charge in [-0.3, -0.25) is 0 Å². The zero-order valence-electron chi connectivity index (χ0n) is 12.0. The van der Waals surface area contributed by atoms with Crippen LogP contribution in [0.4, 0.5) is 0 Å². The zero-order chi connectivity index (χ0) is 15.4. The standard InChI is InChI=1S/C15H14N4O3/c1-11-6-14(22-18-11)8-21-15(20)13-4-2-12(3-5-13)7-19-10-16-9-17-19/h2-6,9-10H,7-8H2,1H3. The molecule has 0 spiro atoms. The van der Waals surface area contributed by atoms with Gasteiger partial charge in [-0.2, -0.15) is 5.10 Å². The molecule has 0 unspecified atom stereocenters. The molecule has 0 saturated heterocycles. The molecule has 22 heavy (non-hydrogen) atoms. The predicted octanol–water partition coefficient (Wildman–Crippen LogP) is 1.98. The van der Waals surface area contributed by atoms with Gasteiger partial charge in [-0.05, 0) is 24.6 Å². The number of nitrogens with zero attached hydrogens (tertiary/aromatic N) is 4. The van der Waals surface area contributed by atoms with E-state index in [1.165, 1.54) is 6.33 Å². The Morgan fingerprint density at radius 2 is 2.14 bits per heavy atom. The molecule has 0 saturated carbocycles. The van der Waals surface area contributed by atoms with Gasteiger partial charge in [0.2, 0.25) is 0 Å². The lowest BCUT2D eigenvalue weighted by Gasteiger charge is -2.04. The topological polar surface area (TPSA) is 83.0 Å². The Morgan fingerprint density at radius 3 is 2.77 bits per heavy atom. The van der Waals surface area contributed by atoms with Crippen molar-refractivity contribution in [3.05, 3.63) is 65.6 Å². The molecule has 112 valence electrons. The van der Waals surface area contributed by atoms with Gasteiger partial charge in [-0.25, -0.2) is 14.5 Å². The summed E-state index contributed by atoms with van der Waals surface area (Å²) in [6.07, 6.45) is 3.12. The maximum Gasteiger partial charge on any atom is 0.338 e. The van der Waals surface area contributed by atoms with Gasteiger partial charge in [0.25, 0.3) is 0 Å². The first-order valence-electron chi connectivity index (χ1n) is 6.71. The molecule has 0 aliphatic heterocycles. The van der Waals surface area contributed by atoms with Crippen LogP contribution in [-0.4, -0.2) is 25.9 Å². The van der Waals surface area contributed by atoms with Crippen LogP contribution in [0, 0.1) is 6.92 Å². The van der Waals surface area contributed by atoms with Crippen molar-refractivity contribution < 1.29 is 14.1 Å². The molecule has 0 atom stereocenters. The van der Waals surface area contributed by atoms with Crippen LogP contribution < -0.4 is 0 Å². The Kier molecular flexibility index (Phi) is 3.95. The number of aryl methyl sites for hydroxylation is 1. The number of carbonyl (C=O) groups excluding carboxylic acids is 1. The van der Waals surface area contributed by atoms with Gasteiger partial charge in [0.05, 0.1) is 17.8 Å². The average molecular weight is 298 g/mol. The Balaban J connectivity index is 1.58. The number of ether oxygens (including phenoxy) is 1. The minimum Gasteiger partial charge on any atom is -0.454 e. The lowest BCUT2D eigenvalue weighted by molar-refractivity contribution is 0.0437. The minimum absolute atomic E-state index is 0.0698. The fourth-order valence-electron chi connectivity index (χ4n) is 1.95. The van der Waals surface area contributed by atoms with Crippen molar-refractivity contribution >= 4 is 5.97 Å². The first kappa shape index (κ1) is 14.0. The third-order valence-corrected chi connectivity index (χ3v) is 3.02. The Morgan fingerprint density at radius 1 is 1.32 bits per heavy atom. The van der Waals surface area contributed by atoms with E-state index in [1.807, 2.05) is 19.1 Å². The van der Waals surface area contributed by atoms with E-state index in [-0.39, 0.29) is 6.61 Å². The van der Waals surface area contributed by atoms with Crippen molar-refractivity contribution in [3.63, 3.8) is 0 Å². The molecule has 2 aromatic heterocycles. The van der Waals surface area contributed by atoms with Gasteiger partial charge >= 0.3 is 5.97 Å². The molecular weight excluding hydrogens is 284 g/mol. The first-order valence-corrected chi connectivity index (χ1v) is 6.71. The smallest absolute Gasteiger partial charge is 0.338 e. The van der Waals surface area contributed by atoms with Crippen LogP contribution in [0.25, 0.3) is 0 Å². The van der Waals surface area contributed by atoms with Gasteiger partial charge in [-0.15, -0.1) is 0 Å². The number of aromatic nitrogens is 4. The van der Waals surface area contributed by atoms with Crippen molar-refractivity contribution in [1.29, 1.82) is 0 Å². The van der Waals surface area contributed by atoms with Gasteiger partial charge < -0.3 is 9.26 Å². The Labute approximate surface area is 126 Å². The SMILES string of the molecule is Cc1cc(COC(=O)c2ccc(Cn3cncn3)cc2)on1. The summed E-state index contributed by atoms with van der Waals surface area (Å²) in [6.45, 7) is 2.48. The summed E-state index contributed by atoms with van der Waals surface area (Å²) in [5, 5.41) is 7.77. The van der Waals surface area contributed by atoms with E-state index in [2.05, 4.69) is 15.2 Å². The predicted molar refractivity (Wildman–Crippen MR) is 75.9 cm³/mol. The van der Waals surface area contributed by atoms with Crippen LogP contribution in [0.5, 0.6) is 0 Å². The van der Waals surface area contributed by atoms with Crippen molar-refractivity contribution in [1.82, 2.24) is 19.9 Å². The molecule has 1 aromatic carbocycles. The highest BCUT2D eigenvalue weighted by Crippen LogP contribution is 2.10. The van der Waals surface area contributed by atoms with Crippen molar-refractivity contribution in [2.75, 3.05) is 0 Å². The third-order valence-electron chi connectivity index (χ3n) is 3.02. The highest BCUT2D eigenvalue weighted by molar-refractivity contribution is 5.89. The molecule has 0 fully saturated rings. The summed E-state index contributed by atoms with van der Waals surface area (Å²) in [5.74, 6) is 0.120. The van der Waals surface area contributed by atoms with Crippen LogP contribution >= 0.6 is 0 Å². The maximum atomic E-state index is 11.9.